The quantitative estimate of drug-likeness (QED) is 0.749. The van der Waals surface area contributed by atoms with Crippen molar-refractivity contribution in [1.29, 1.82) is 0 Å². The molecule has 0 bridgehead atoms. The Labute approximate surface area is 121 Å². The van der Waals surface area contributed by atoms with Crippen LogP contribution in [0.15, 0.2) is 30.6 Å². The average molecular weight is 307 g/mol. The maximum Gasteiger partial charge on any atom is 0.433 e. The van der Waals surface area contributed by atoms with Crippen molar-refractivity contribution in [3.63, 3.8) is 0 Å². The van der Waals surface area contributed by atoms with E-state index >= 15 is 0 Å². The molecule has 3 aromatic heterocycles. The minimum Gasteiger partial charge on any atom is -0.397 e. The molecule has 0 amide bonds. The highest BCUT2D eigenvalue weighted by atomic mass is 19.4. The van der Waals surface area contributed by atoms with Gasteiger partial charge in [-0.15, -0.1) is 5.10 Å². The van der Waals surface area contributed by atoms with Gasteiger partial charge in [-0.05, 0) is 28.6 Å². The molecule has 3 N–H and O–H groups in total. The van der Waals surface area contributed by atoms with Crippen LogP contribution in [0.25, 0.3) is 22.6 Å². The third kappa shape index (κ3) is 2.57. The first-order valence-corrected chi connectivity index (χ1v) is 5.98. The minimum absolute atomic E-state index is 0.301. The number of alkyl halides is 3. The molecule has 3 heterocycles. The number of hydrogen-bond acceptors (Lipinski definition) is 6. The Balaban J connectivity index is 2.09. The number of aromatic nitrogens is 6. The number of H-pyrrole nitrogens is 1. The summed E-state index contributed by atoms with van der Waals surface area (Å²) in [5.74, 6) is 0.301. The SMILES string of the molecule is Nc1cnc(-c2ccc(C(F)(F)F)nc2)c(-c2nnn[nH]2)c1. The molecule has 22 heavy (non-hydrogen) atoms. The highest BCUT2D eigenvalue weighted by Crippen LogP contribution is 2.31. The van der Waals surface area contributed by atoms with E-state index in [9.17, 15) is 13.2 Å². The number of aromatic amines is 1. The largest absolute Gasteiger partial charge is 0.433 e. The second kappa shape index (κ2) is 5.06. The summed E-state index contributed by atoms with van der Waals surface area (Å²) < 4.78 is 37.7. The lowest BCUT2D eigenvalue weighted by Gasteiger charge is -2.09. The van der Waals surface area contributed by atoms with Gasteiger partial charge in [-0.2, -0.15) is 13.2 Å². The number of halogens is 3. The minimum atomic E-state index is -4.50. The lowest BCUT2D eigenvalue weighted by Crippen LogP contribution is -2.07. The molecule has 0 aliphatic carbocycles. The van der Waals surface area contributed by atoms with Crippen LogP contribution in [0.2, 0.25) is 0 Å². The first-order chi connectivity index (χ1) is 10.4. The Morgan fingerprint density at radius 2 is 1.91 bits per heavy atom. The van der Waals surface area contributed by atoms with E-state index in [0.717, 1.165) is 12.3 Å². The molecule has 3 rings (SSSR count). The van der Waals surface area contributed by atoms with Crippen LogP contribution in [0.5, 0.6) is 0 Å². The van der Waals surface area contributed by atoms with Gasteiger partial charge in [0.2, 0.25) is 0 Å². The number of anilines is 1. The molecular formula is C12H8F3N7. The summed E-state index contributed by atoms with van der Waals surface area (Å²) in [7, 11) is 0. The average Bonchev–Trinajstić information content (AvgIpc) is 3.00. The number of tetrazole rings is 1. The fraction of sp³-hybridized carbons (Fsp3) is 0.0833. The van der Waals surface area contributed by atoms with E-state index in [0.29, 0.717) is 28.3 Å². The van der Waals surface area contributed by atoms with Gasteiger partial charge in [0.15, 0.2) is 5.82 Å². The maximum absolute atomic E-state index is 12.6. The van der Waals surface area contributed by atoms with Gasteiger partial charge in [0, 0.05) is 17.3 Å². The second-order valence-electron chi connectivity index (χ2n) is 4.34. The maximum atomic E-state index is 12.6. The van der Waals surface area contributed by atoms with Gasteiger partial charge in [0.05, 0.1) is 17.6 Å². The Morgan fingerprint density at radius 1 is 1.09 bits per heavy atom. The van der Waals surface area contributed by atoms with E-state index in [2.05, 4.69) is 30.6 Å². The number of nitrogens with two attached hydrogens (primary N) is 1. The van der Waals surface area contributed by atoms with Gasteiger partial charge in [0.1, 0.15) is 5.69 Å². The third-order valence-electron chi connectivity index (χ3n) is 2.84. The summed E-state index contributed by atoms with van der Waals surface area (Å²) >= 11 is 0. The lowest BCUT2D eigenvalue weighted by molar-refractivity contribution is -0.141. The monoisotopic (exact) mass is 307 g/mol. The summed E-state index contributed by atoms with van der Waals surface area (Å²) in [5, 5.41) is 13.2. The van der Waals surface area contributed by atoms with Crippen LogP contribution in [-0.2, 0) is 6.18 Å². The molecule has 0 saturated heterocycles. The van der Waals surface area contributed by atoms with Gasteiger partial charge >= 0.3 is 6.18 Å². The van der Waals surface area contributed by atoms with Crippen LogP contribution in [0.4, 0.5) is 18.9 Å². The summed E-state index contributed by atoms with van der Waals surface area (Å²) in [6.07, 6.45) is -2.01. The summed E-state index contributed by atoms with van der Waals surface area (Å²) in [6.45, 7) is 0. The predicted octanol–water partition coefficient (Wildman–Crippen LogP) is 1.92. The first kappa shape index (κ1) is 13.9. The van der Waals surface area contributed by atoms with Gasteiger partial charge in [-0.3, -0.25) is 9.97 Å². The lowest BCUT2D eigenvalue weighted by atomic mass is 10.1. The van der Waals surface area contributed by atoms with Crippen molar-refractivity contribution in [2.24, 2.45) is 0 Å². The first-order valence-electron chi connectivity index (χ1n) is 5.98. The summed E-state index contributed by atoms with van der Waals surface area (Å²) in [6, 6.07) is 3.74. The summed E-state index contributed by atoms with van der Waals surface area (Å²) in [4.78, 5) is 7.55. The van der Waals surface area contributed by atoms with Crippen molar-refractivity contribution in [2.45, 2.75) is 6.18 Å². The van der Waals surface area contributed by atoms with Crippen molar-refractivity contribution in [1.82, 2.24) is 30.6 Å². The van der Waals surface area contributed by atoms with Crippen molar-refractivity contribution >= 4 is 5.69 Å². The van der Waals surface area contributed by atoms with E-state index in [1.165, 1.54) is 12.3 Å². The second-order valence-corrected chi connectivity index (χ2v) is 4.34. The van der Waals surface area contributed by atoms with Gasteiger partial charge in [-0.1, -0.05) is 0 Å². The fourth-order valence-electron chi connectivity index (χ4n) is 1.87. The van der Waals surface area contributed by atoms with E-state index < -0.39 is 11.9 Å². The van der Waals surface area contributed by atoms with Crippen molar-refractivity contribution in [3.8, 4) is 22.6 Å². The van der Waals surface area contributed by atoms with Crippen LogP contribution in [-0.4, -0.2) is 30.6 Å². The van der Waals surface area contributed by atoms with Gasteiger partial charge in [0.25, 0.3) is 0 Å². The van der Waals surface area contributed by atoms with Crippen LogP contribution in [0.3, 0.4) is 0 Å². The van der Waals surface area contributed by atoms with Crippen LogP contribution >= 0.6 is 0 Å². The highest BCUT2D eigenvalue weighted by Gasteiger charge is 2.32. The molecule has 3 aromatic rings. The molecule has 0 aliphatic heterocycles. The highest BCUT2D eigenvalue weighted by molar-refractivity contribution is 5.78. The van der Waals surface area contributed by atoms with E-state index in [1.807, 2.05) is 0 Å². The molecular weight excluding hydrogens is 299 g/mol. The van der Waals surface area contributed by atoms with E-state index in [4.69, 9.17) is 5.73 Å². The van der Waals surface area contributed by atoms with Crippen molar-refractivity contribution in [2.75, 3.05) is 5.73 Å². The predicted molar refractivity (Wildman–Crippen MR) is 70.1 cm³/mol. The molecule has 0 saturated carbocycles. The molecule has 0 aliphatic rings. The molecule has 0 atom stereocenters. The van der Waals surface area contributed by atoms with Crippen molar-refractivity contribution in [3.05, 3.63) is 36.3 Å². The Morgan fingerprint density at radius 3 is 2.50 bits per heavy atom. The number of nitrogen functional groups attached to an aromatic ring is 1. The fourth-order valence-corrected chi connectivity index (χ4v) is 1.87. The zero-order valence-corrected chi connectivity index (χ0v) is 10.8. The van der Waals surface area contributed by atoms with Crippen LogP contribution in [0.1, 0.15) is 5.69 Å². The standard InChI is InChI=1S/C12H8F3N7/c13-12(14,15)9-2-1-6(4-17-9)10-8(3-7(16)5-18-10)11-19-21-22-20-11/h1-5H,16H2,(H,19,20,21,22). The molecule has 0 radical (unpaired) electrons. The molecule has 10 heteroatoms. The number of hydrogen-bond donors (Lipinski definition) is 2. The normalized spacial score (nSPS) is 11.6. The number of nitrogens with zero attached hydrogens (tertiary/aromatic N) is 5. The Hall–Kier alpha value is -3.04. The number of rotatable bonds is 2. The van der Waals surface area contributed by atoms with E-state index in [1.54, 1.807) is 6.07 Å². The molecule has 112 valence electrons. The van der Waals surface area contributed by atoms with Crippen LogP contribution < -0.4 is 5.73 Å². The number of nitrogens with one attached hydrogen (secondary N) is 1. The zero-order valence-electron chi connectivity index (χ0n) is 10.8. The van der Waals surface area contributed by atoms with E-state index in [-0.39, 0.29) is 0 Å². The molecule has 0 fully saturated rings. The number of pyridine rings is 2. The van der Waals surface area contributed by atoms with Crippen LogP contribution in [0, 0.1) is 0 Å². The zero-order chi connectivity index (χ0) is 15.7. The van der Waals surface area contributed by atoms with Gasteiger partial charge in [-0.25, -0.2) is 5.10 Å². The molecule has 7 nitrogen and oxygen atoms in total. The summed E-state index contributed by atoms with van der Waals surface area (Å²) in [5.41, 5.74) is 6.30. The molecule has 0 spiro atoms. The molecule has 0 unspecified atom stereocenters. The van der Waals surface area contributed by atoms with Gasteiger partial charge < -0.3 is 5.73 Å². The van der Waals surface area contributed by atoms with Crippen molar-refractivity contribution < 1.29 is 13.2 Å². The smallest absolute Gasteiger partial charge is 0.397 e. The topological polar surface area (TPSA) is 106 Å². The Bertz CT molecular complexity index is 781. The molecule has 0 aromatic carbocycles. The Kier molecular flexibility index (Phi) is 3.20. The third-order valence-corrected chi connectivity index (χ3v) is 2.84.